The van der Waals surface area contributed by atoms with Gasteiger partial charge in [0.25, 0.3) is 0 Å². The zero-order chi connectivity index (χ0) is 23.0. The summed E-state index contributed by atoms with van der Waals surface area (Å²) in [4.78, 5) is 9.93. The van der Waals surface area contributed by atoms with Gasteiger partial charge in [0.05, 0.1) is 36.8 Å². The molecule has 1 saturated heterocycles. The molecular formula is C22H25N5O3S2. The quantitative estimate of drug-likeness (QED) is 0.473. The molecule has 0 bridgehead atoms. The second kappa shape index (κ2) is 8.44. The summed E-state index contributed by atoms with van der Waals surface area (Å²) in [6.07, 6.45) is 2.86. The number of nitrogens with one attached hydrogen (secondary N) is 3. The molecule has 0 amide bonds. The smallest absolute Gasteiger partial charge is 0.229 e. The Morgan fingerprint density at radius 1 is 1.19 bits per heavy atom. The Morgan fingerprint density at radius 2 is 1.97 bits per heavy atom. The molecule has 0 aliphatic carbocycles. The number of methoxy groups -OCH3 is 1. The SMILES string of the molecule is COc1ccc(N2C(=S)N[C@H](c3ccccn3)[C@H]2c2cc(C)[nH]c2C)cc1NS(C)(=O)=O. The van der Waals surface area contributed by atoms with Crippen molar-refractivity contribution < 1.29 is 13.2 Å². The topological polar surface area (TPSA) is 99.3 Å². The summed E-state index contributed by atoms with van der Waals surface area (Å²) in [7, 11) is -2.00. The number of anilines is 2. The first kappa shape index (κ1) is 22.1. The van der Waals surface area contributed by atoms with Crippen LogP contribution in [-0.4, -0.2) is 36.9 Å². The fraction of sp³-hybridized carbons (Fsp3) is 0.273. The van der Waals surface area contributed by atoms with Crippen molar-refractivity contribution in [2.75, 3.05) is 23.0 Å². The average Bonchev–Trinajstić information content (AvgIpc) is 3.25. The fourth-order valence-electron chi connectivity index (χ4n) is 4.13. The van der Waals surface area contributed by atoms with Gasteiger partial charge in [-0.2, -0.15) is 0 Å². The third kappa shape index (κ3) is 4.28. The molecule has 3 N–H and O–H groups in total. The van der Waals surface area contributed by atoms with Gasteiger partial charge in [-0.1, -0.05) is 6.07 Å². The number of hydrogen-bond acceptors (Lipinski definition) is 5. The van der Waals surface area contributed by atoms with Gasteiger partial charge in [0.2, 0.25) is 10.0 Å². The average molecular weight is 472 g/mol. The molecule has 3 aromatic rings. The molecule has 8 nitrogen and oxygen atoms in total. The molecule has 0 saturated carbocycles. The van der Waals surface area contributed by atoms with Crippen LogP contribution in [0.3, 0.4) is 0 Å². The number of sulfonamides is 1. The number of pyridine rings is 1. The van der Waals surface area contributed by atoms with Crippen molar-refractivity contribution in [3.63, 3.8) is 0 Å². The van der Waals surface area contributed by atoms with Gasteiger partial charge in [0, 0.05) is 23.3 Å². The molecule has 3 heterocycles. The number of aryl methyl sites for hydroxylation is 2. The maximum Gasteiger partial charge on any atom is 0.229 e. The van der Waals surface area contributed by atoms with Gasteiger partial charge in [-0.3, -0.25) is 9.71 Å². The Bertz CT molecular complexity index is 1260. The van der Waals surface area contributed by atoms with E-state index in [-0.39, 0.29) is 12.1 Å². The molecule has 2 atom stereocenters. The highest BCUT2D eigenvalue weighted by atomic mass is 32.2. The van der Waals surface area contributed by atoms with E-state index in [0.717, 1.165) is 34.6 Å². The van der Waals surface area contributed by atoms with Crippen molar-refractivity contribution in [1.29, 1.82) is 0 Å². The third-order valence-electron chi connectivity index (χ3n) is 5.36. The second-order valence-corrected chi connectivity index (χ2v) is 9.92. The highest BCUT2D eigenvalue weighted by Crippen LogP contribution is 2.44. The second-order valence-electron chi connectivity index (χ2n) is 7.79. The molecule has 2 aromatic heterocycles. The molecule has 4 rings (SSSR count). The lowest BCUT2D eigenvalue weighted by Crippen LogP contribution is -2.29. The first-order valence-corrected chi connectivity index (χ1v) is 12.3. The first-order chi connectivity index (χ1) is 15.2. The first-order valence-electron chi connectivity index (χ1n) is 10.0. The van der Waals surface area contributed by atoms with Crippen LogP contribution >= 0.6 is 12.2 Å². The number of rotatable bonds is 6. The number of ether oxygens (including phenoxy) is 1. The molecule has 0 unspecified atom stereocenters. The van der Waals surface area contributed by atoms with Gasteiger partial charge < -0.3 is 19.9 Å². The maximum atomic E-state index is 11.9. The molecule has 0 spiro atoms. The normalized spacial score (nSPS) is 18.5. The summed E-state index contributed by atoms with van der Waals surface area (Å²) in [5.41, 5.74) is 5.10. The summed E-state index contributed by atoms with van der Waals surface area (Å²) in [5.74, 6) is 0.420. The van der Waals surface area contributed by atoms with Crippen LogP contribution in [0.1, 0.15) is 34.7 Å². The van der Waals surface area contributed by atoms with Gasteiger partial charge in [-0.15, -0.1) is 0 Å². The lowest BCUT2D eigenvalue weighted by atomic mass is 9.96. The lowest BCUT2D eigenvalue weighted by molar-refractivity contribution is 0.417. The summed E-state index contributed by atoms with van der Waals surface area (Å²) in [6, 6.07) is 12.8. The van der Waals surface area contributed by atoms with Crippen molar-refractivity contribution in [2.24, 2.45) is 0 Å². The van der Waals surface area contributed by atoms with Crippen molar-refractivity contribution in [3.05, 3.63) is 71.3 Å². The fourth-order valence-corrected chi connectivity index (χ4v) is 5.03. The van der Waals surface area contributed by atoms with E-state index in [1.54, 1.807) is 18.3 Å². The molecule has 1 aromatic carbocycles. The molecular weight excluding hydrogens is 446 g/mol. The number of aromatic amines is 1. The van der Waals surface area contributed by atoms with Crippen LogP contribution in [0.25, 0.3) is 0 Å². The van der Waals surface area contributed by atoms with E-state index in [4.69, 9.17) is 17.0 Å². The van der Waals surface area contributed by atoms with Crippen LogP contribution in [0.5, 0.6) is 5.75 Å². The minimum Gasteiger partial charge on any atom is -0.495 e. The molecule has 0 radical (unpaired) electrons. The van der Waals surface area contributed by atoms with Crippen LogP contribution in [0.4, 0.5) is 11.4 Å². The van der Waals surface area contributed by atoms with E-state index in [1.807, 2.05) is 43.0 Å². The van der Waals surface area contributed by atoms with Gasteiger partial charge in [-0.25, -0.2) is 8.42 Å². The van der Waals surface area contributed by atoms with Gasteiger partial charge in [-0.05, 0) is 68.0 Å². The summed E-state index contributed by atoms with van der Waals surface area (Å²) >= 11 is 5.75. The predicted molar refractivity (Wildman–Crippen MR) is 130 cm³/mol. The predicted octanol–water partition coefficient (Wildman–Crippen LogP) is 3.58. The molecule has 1 aliphatic heterocycles. The molecule has 32 heavy (non-hydrogen) atoms. The zero-order valence-corrected chi connectivity index (χ0v) is 19.8. The highest BCUT2D eigenvalue weighted by molar-refractivity contribution is 7.92. The van der Waals surface area contributed by atoms with Gasteiger partial charge >= 0.3 is 0 Å². The van der Waals surface area contributed by atoms with E-state index in [1.165, 1.54) is 7.11 Å². The molecule has 10 heteroatoms. The molecule has 168 valence electrons. The van der Waals surface area contributed by atoms with E-state index < -0.39 is 10.0 Å². The molecule has 1 fully saturated rings. The lowest BCUT2D eigenvalue weighted by Gasteiger charge is -2.28. The maximum absolute atomic E-state index is 11.9. The van der Waals surface area contributed by atoms with Gasteiger partial charge in [0.1, 0.15) is 5.75 Å². The number of nitrogens with zero attached hydrogens (tertiary/aromatic N) is 2. The summed E-state index contributed by atoms with van der Waals surface area (Å²) in [5, 5.41) is 3.94. The van der Waals surface area contributed by atoms with Crippen LogP contribution in [0.15, 0.2) is 48.7 Å². The standard InChI is InChI=1S/C22H25N5O3S2/c1-13-11-16(14(2)24-13)21-20(17-7-5-6-10-23-17)25-22(31)27(21)15-8-9-19(30-3)18(12-15)26-32(4,28)29/h5-12,20-21,24,26H,1-4H3,(H,25,31)/t20-,21-/m1/s1. The van der Waals surface area contributed by atoms with Crippen molar-refractivity contribution >= 4 is 38.7 Å². The van der Waals surface area contributed by atoms with Crippen LogP contribution in [0.2, 0.25) is 0 Å². The Balaban J connectivity index is 1.85. The van der Waals surface area contributed by atoms with Crippen LogP contribution < -0.4 is 19.7 Å². The van der Waals surface area contributed by atoms with E-state index in [9.17, 15) is 8.42 Å². The van der Waals surface area contributed by atoms with Gasteiger partial charge in [0.15, 0.2) is 5.11 Å². The highest BCUT2D eigenvalue weighted by Gasteiger charge is 2.42. The summed E-state index contributed by atoms with van der Waals surface area (Å²) < 4.78 is 31.7. The minimum atomic E-state index is -3.50. The third-order valence-corrected chi connectivity index (χ3v) is 6.27. The Morgan fingerprint density at radius 3 is 2.56 bits per heavy atom. The van der Waals surface area contributed by atoms with E-state index in [2.05, 4.69) is 26.1 Å². The van der Waals surface area contributed by atoms with Crippen molar-refractivity contribution in [2.45, 2.75) is 25.9 Å². The largest absolute Gasteiger partial charge is 0.495 e. The number of benzene rings is 1. The van der Waals surface area contributed by atoms with E-state index >= 15 is 0 Å². The Labute approximate surface area is 193 Å². The Hall–Kier alpha value is -3.11. The van der Waals surface area contributed by atoms with Crippen LogP contribution in [0, 0.1) is 13.8 Å². The van der Waals surface area contributed by atoms with Crippen molar-refractivity contribution in [1.82, 2.24) is 15.3 Å². The molecule has 1 aliphatic rings. The summed E-state index contributed by atoms with van der Waals surface area (Å²) in [6.45, 7) is 4.04. The Kier molecular flexibility index (Phi) is 5.83. The number of H-pyrrole nitrogens is 1. The number of aromatic nitrogens is 2. The minimum absolute atomic E-state index is 0.189. The number of hydrogen-bond donors (Lipinski definition) is 3. The number of thiocarbonyl (C=S) groups is 1. The van der Waals surface area contributed by atoms with Crippen molar-refractivity contribution in [3.8, 4) is 5.75 Å². The van der Waals surface area contributed by atoms with E-state index in [0.29, 0.717) is 16.5 Å². The zero-order valence-electron chi connectivity index (χ0n) is 18.2. The monoisotopic (exact) mass is 471 g/mol. The van der Waals surface area contributed by atoms with Crippen LogP contribution in [-0.2, 0) is 10.0 Å².